The number of hydrogen-bond acceptors (Lipinski definition) is 5. The van der Waals surface area contributed by atoms with Gasteiger partial charge < -0.3 is 11.1 Å². The van der Waals surface area contributed by atoms with Crippen LogP contribution in [0, 0.1) is 17.0 Å². The van der Waals surface area contributed by atoms with Crippen molar-refractivity contribution in [1.29, 1.82) is 0 Å². The summed E-state index contributed by atoms with van der Waals surface area (Å²) in [7, 11) is 0. The largest absolute Gasteiger partial charge is 0.393 e. The maximum absolute atomic E-state index is 12.1. The first-order valence-corrected chi connectivity index (χ1v) is 5.76. The number of nitrogens with two attached hydrogens (primary N) is 1. The molecule has 0 radical (unpaired) electrons. The quantitative estimate of drug-likeness (QED) is 0.505. The lowest BCUT2D eigenvalue weighted by molar-refractivity contribution is -0.384. The van der Waals surface area contributed by atoms with Crippen LogP contribution in [-0.2, 0) is 0 Å². The van der Waals surface area contributed by atoms with Gasteiger partial charge in [-0.2, -0.15) is 0 Å². The Bertz CT molecular complexity index is 685. The average molecular weight is 272 g/mol. The fraction of sp³-hybridized carbons (Fsp3) is 0.0769. The lowest BCUT2D eigenvalue weighted by Crippen LogP contribution is -2.15. The van der Waals surface area contributed by atoms with Crippen LogP contribution < -0.4 is 11.1 Å². The minimum Gasteiger partial charge on any atom is -0.393 e. The second kappa shape index (κ2) is 5.35. The lowest BCUT2D eigenvalue weighted by Gasteiger charge is -2.06. The number of pyridine rings is 1. The molecule has 0 atom stereocenters. The standard InChI is InChI=1S/C13H12N4O3/c1-8-5-6-15-11(7-8)16-13(18)9-3-2-4-10(14)12(9)17(19)20/h2-7H,14H2,1H3,(H,15,16,18). The van der Waals surface area contributed by atoms with Crippen molar-refractivity contribution in [3.63, 3.8) is 0 Å². The van der Waals surface area contributed by atoms with Crippen molar-refractivity contribution < 1.29 is 9.72 Å². The highest BCUT2D eigenvalue weighted by Crippen LogP contribution is 2.26. The molecule has 2 aromatic rings. The highest BCUT2D eigenvalue weighted by molar-refractivity contribution is 6.07. The van der Waals surface area contributed by atoms with Gasteiger partial charge in [0.1, 0.15) is 17.1 Å². The predicted octanol–water partition coefficient (Wildman–Crippen LogP) is 2.13. The number of nitrogens with one attached hydrogen (secondary N) is 1. The van der Waals surface area contributed by atoms with Crippen LogP contribution in [0.1, 0.15) is 15.9 Å². The van der Waals surface area contributed by atoms with Crippen LogP contribution in [0.25, 0.3) is 0 Å². The molecule has 2 rings (SSSR count). The minimum absolute atomic E-state index is 0.0557. The maximum atomic E-state index is 12.1. The number of nitrogens with zero attached hydrogens (tertiary/aromatic N) is 2. The molecule has 3 N–H and O–H groups in total. The molecule has 1 heterocycles. The van der Waals surface area contributed by atoms with Gasteiger partial charge in [0.2, 0.25) is 0 Å². The summed E-state index contributed by atoms with van der Waals surface area (Å²) in [4.78, 5) is 26.4. The van der Waals surface area contributed by atoms with E-state index in [1.807, 2.05) is 6.92 Å². The Kier molecular flexibility index (Phi) is 3.60. The molecule has 0 spiro atoms. The van der Waals surface area contributed by atoms with Gasteiger partial charge in [0.15, 0.2) is 0 Å². The number of anilines is 2. The minimum atomic E-state index is -0.673. The van der Waals surface area contributed by atoms with Gasteiger partial charge in [-0.3, -0.25) is 14.9 Å². The lowest BCUT2D eigenvalue weighted by atomic mass is 10.1. The summed E-state index contributed by atoms with van der Waals surface area (Å²) in [6.07, 6.45) is 1.54. The third kappa shape index (κ3) is 2.72. The smallest absolute Gasteiger partial charge is 0.304 e. The highest BCUT2D eigenvalue weighted by atomic mass is 16.6. The zero-order valence-electron chi connectivity index (χ0n) is 10.7. The molecule has 0 saturated carbocycles. The predicted molar refractivity (Wildman–Crippen MR) is 74.4 cm³/mol. The number of nitro benzene ring substituents is 1. The summed E-state index contributed by atoms with van der Waals surface area (Å²) >= 11 is 0. The molecule has 0 aliphatic heterocycles. The number of amides is 1. The topological polar surface area (TPSA) is 111 Å². The van der Waals surface area contributed by atoms with Crippen LogP contribution in [0.15, 0.2) is 36.5 Å². The summed E-state index contributed by atoms with van der Waals surface area (Å²) in [6, 6.07) is 7.65. The van der Waals surface area contributed by atoms with E-state index >= 15 is 0 Å². The van der Waals surface area contributed by atoms with Gasteiger partial charge in [-0.1, -0.05) is 6.07 Å². The average Bonchev–Trinajstić information content (AvgIpc) is 2.37. The van der Waals surface area contributed by atoms with Gasteiger partial charge in [-0.25, -0.2) is 4.98 Å². The Hall–Kier alpha value is -2.96. The first-order valence-electron chi connectivity index (χ1n) is 5.76. The number of nitro groups is 1. The molecule has 0 saturated heterocycles. The molecule has 0 fully saturated rings. The van der Waals surface area contributed by atoms with Crippen molar-refractivity contribution in [1.82, 2.24) is 4.98 Å². The van der Waals surface area contributed by atoms with Gasteiger partial charge in [0, 0.05) is 6.20 Å². The monoisotopic (exact) mass is 272 g/mol. The third-order valence-corrected chi connectivity index (χ3v) is 2.65. The van der Waals surface area contributed by atoms with Gasteiger partial charge in [0.25, 0.3) is 5.91 Å². The molecule has 7 heteroatoms. The van der Waals surface area contributed by atoms with Crippen molar-refractivity contribution in [2.45, 2.75) is 6.92 Å². The zero-order chi connectivity index (χ0) is 14.7. The Morgan fingerprint density at radius 1 is 1.40 bits per heavy atom. The van der Waals surface area contributed by atoms with Crippen molar-refractivity contribution in [2.24, 2.45) is 0 Å². The first-order chi connectivity index (χ1) is 9.49. The highest BCUT2D eigenvalue weighted by Gasteiger charge is 2.23. The number of nitrogen functional groups attached to an aromatic ring is 1. The van der Waals surface area contributed by atoms with E-state index in [-0.39, 0.29) is 11.3 Å². The van der Waals surface area contributed by atoms with E-state index in [0.29, 0.717) is 5.82 Å². The van der Waals surface area contributed by atoms with E-state index < -0.39 is 16.5 Å². The second-order valence-corrected chi connectivity index (χ2v) is 4.17. The van der Waals surface area contributed by atoms with E-state index in [1.54, 1.807) is 18.3 Å². The van der Waals surface area contributed by atoms with Crippen LogP contribution in [-0.4, -0.2) is 15.8 Å². The second-order valence-electron chi connectivity index (χ2n) is 4.17. The number of hydrogen-bond donors (Lipinski definition) is 2. The molecule has 0 unspecified atom stereocenters. The van der Waals surface area contributed by atoms with Gasteiger partial charge >= 0.3 is 5.69 Å². The van der Waals surface area contributed by atoms with Crippen LogP contribution in [0.3, 0.4) is 0 Å². The molecule has 0 aliphatic rings. The molecule has 0 bridgehead atoms. The maximum Gasteiger partial charge on any atom is 0.304 e. The van der Waals surface area contributed by atoms with Gasteiger partial charge in [-0.05, 0) is 36.8 Å². The van der Waals surface area contributed by atoms with Crippen molar-refractivity contribution in [3.8, 4) is 0 Å². The van der Waals surface area contributed by atoms with Crippen molar-refractivity contribution in [2.75, 3.05) is 11.1 Å². The third-order valence-electron chi connectivity index (χ3n) is 2.65. The van der Waals surface area contributed by atoms with Crippen molar-refractivity contribution >= 4 is 23.1 Å². The Morgan fingerprint density at radius 3 is 2.80 bits per heavy atom. The molecular formula is C13H12N4O3. The van der Waals surface area contributed by atoms with E-state index in [9.17, 15) is 14.9 Å². The summed E-state index contributed by atoms with van der Waals surface area (Å²) in [5.74, 6) is -0.297. The van der Waals surface area contributed by atoms with E-state index in [1.165, 1.54) is 18.2 Å². The van der Waals surface area contributed by atoms with E-state index in [2.05, 4.69) is 10.3 Å². The molecule has 1 amide bonds. The molecule has 1 aromatic carbocycles. The van der Waals surface area contributed by atoms with Gasteiger partial charge in [-0.15, -0.1) is 0 Å². The van der Waals surface area contributed by atoms with Crippen LogP contribution in [0.2, 0.25) is 0 Å². The zero-order valence-corrected chi connectivity index (χ0v) is 10.7. The molecule has 1 aromatic heterocycles. The fourth-order valence-electron chi connectivity index (χ4n) is 1.74. The fourth-order valence-corrected chi connectivity index (χ4v) is 1.74. The number of para-hydroxylation sites is 1. The number of rotatable bonds is 3. The van der Waals surface area contributed by atoms with Crippen molar-refractivity contribution in [3.05, 3.63) is 57.8 Å². The Labute approximate surface area is 114 Å². The van der Waals surface area contributed by atoms with Gasteiger partial charge in [0.05, 0.1) is 4.92 Å². The normalized spacial score (nSPS) is 10.1. The summed E-state index contributed by atoms with van der Waals surface area (Å²) in [6.45, 7) is 1.85. The number of carbonyl (C=O) groups is 1. The SMILES string of the molecule is Cc1ccnc(NC(=O)c2cccc(N)c2[N+](=O)[O-])c1. The Balaban J connectivity index is 2.35. The van der Waals surface area contributed by atoms with Crippen LogP contribution >= 0.6 is 0 Å². The number of aromatic nitrogens is 1. The molecule has 20 heavy (non-hydrogen) atoms. The van der Waals surface area contributed by atoms with Crippen LogP contribution in [0.5, 0.6) is 0 Å². The van der Waals surface area contributed by atoms with E-state index in [0.717, 1.165) is 5.56 Å². The number of carbonyl (C=O) groups excluding carboxylic acids is 1. The van der Waals surface area contributed by atoms with Crippen LogP contribution in [0.4, 0.5) is 17.2 Å². The molecule has 7 nitrogen and oxygen atoms in total. The number of benzene rings is 1. The Morgan fingerprint density at radius 2 is 2.15 bits per heavy atom. The first kappa shape index (κ1) is 13.5. The van der Waals surface area contributed by atoms with E-state index in [4.69, 9.17) is 5.73 Å². The summed E-state index contributed by atoms with van der Waals surface area (Å²) in [5, 5.41) is 13.5. The number of aryl methyl sites for hydroxylation is 1. The molecule has 102 valence electrons. The molecule has 0 aliphatic carbocycles. The summed E-state index contributed by atoms with van der Waals surface area (Å²) in [5.41, 5.74) is 5.90. The summed E-state index contributed by atoms with van der Waals surface area (Å²) < 4.78 is 0. The molecular weight excluding hydrogens is 260 g/mol.